The van der Waals surface area contributed by atoms with Crippen molar-refractivity contribution in [2.24, 2.45) is 0 Å². The molecule has 2 fully saturated rings. The SMILES string of the molecule is N#CC1(NS(=O)(=O)C2CCCC2)CCCCCC1. The van der Waals surface area contributed by atoms with Crippen molar-refractivity contribution >= 4 is 10.0 Å². The minimum Gasteiger partial charge on any atom is -0.212 e. The first-order chi connectivity index (χ1) is 8.58. The number of nitrogens with one attached hydrogen (secondary N) is 1. The maximum absolute atomic E-state index is 12.3. The summed E-state index contributed by atoms with van der Waals surface area (Å²) in [6, 6.07) is 2.25. The topological polar surface area (TPSA) is 70.0 Å². The van der Waals surface area contributed by atoms with Crippen molar-refractivity contribution in [2.45, 2.75) is 75.0 Å². The fourth-order valence-corrected chi connectivity index (χ4v) is 5.04. The quantitative estimate of drug-likeness (QED) is 0.801. The summed E-state index contributed by atoms with van der Waals surface area (Å²) in [4.78, 5) is 0. The largest absolute Gasteiger partial charge is 0.215 e. The van der Waals surface area contributed by atoms with Gasteiger partial charge in [-0.25, -0.2) is 8.42 Å². The highest BCUT2D eigenvalue weighted by molar-refractivity contribution is 7.90. The second-order valence-electron chi connectivity index (χ2n) is 5.66. The molecule has 0 aromatic heterocycles. The standard InChI is InChI=1S/C13H22N2O2S/c14-11-13(9-5-1-2-6-10-13)15-18(16,17)12-7-3-4-8-12/h12,15H,1-10H2. The van der Waals surface area contributed by atoms with Crippen LogP contribution in [0.3, 0.4) is 0 Å². The Kier molecular flexibility index (Phi) is 4.29. The Morgan fingerprint density at radius 3 is 2.06 bits per heavy atom. The lowest BCUT2D eigenvalue weighted by molar-refractivity contribution is 0.418. The van der Waals surface area contributed by atoms with Crippen LogP contribution in [0.5, 0.6) is 0 Å². The molecule has 0 aromatic carbocycles. The minimum absolute atomic E-state index is 0.272. The van der Waals surface area contributed by atoms with Crippen molar-refractivity contribution in [3.8, 4) is 6.07 Å². The number of hydrogen-bond acceptors (Lipinski definition) is 3. The Balaban J connectivity index is 2.11. The van der Waals surface area contributed by atoms with Crippen LogP contribution in [-0.4, -0.2) is 19.2 Å². The van der Waals surface area contributed by atoms with Crippen molar-refractivity contribution < 1.29 is 8.42 Å². The van der Waals surface area contributed by atoms with Crippen LogP contribution < -0.4 is 4.72 Å². The van der Waals surface area contributed by atoms with E-state index >= 15 is 0 Å². The normalized spacial score (nSPS) is 25.5. The number of nitrogens with zero attached hydrogens (tertiary/aromatic N) is 1. The van der Waals surface area contributed by atoms with Gasteiger partial charge in [-0.15, -0.1) is 0 Å². The van der Waals surface area contributed by atoms with E-state index < -0.39 is 15.6 Å². The molecule has 0 bridgehead atoms. The molecule has 1 N–H and O–H groups in total. The zero-order valence-corrected chi connectivity index (χ0v) is 11.6. The Bertz CT molecular complexity index is 411. The van der Waals surface area contributed by atoms with Gasteiger partial charge in [-0.2, -0.15) is 9.98 Å². The van der Waals surface area contributed by atoms with E-state index in [9.17, 15) is 13.7 Å². The zero-order chi connectivity index (χ0) is 13.1. The van der Waals surface area contributed by atoms with Crippen molar-refractivity contribution in [1.29, 1.82) is 5.26 Å². The summed E-state index contributed by atoms with van der Waals surface area (Å²) in [6.45, 7) is 0. The van der Waals surface area contributed by atoms with E-state index in [1.165, 1.54) is 0 Å². The lowest BCUT2D eigenvalue weighted by Gasteiger charge is -2.27. The van der Waals surface area contributed by atoms with Crippen molar-refractivity contribution in [1.82, 2.24) is 4.72 Å². The highest BCUT2D eigenvalue weighted by Crippen LogP contribution is 2.30. The first kappa shape index (κ1) is 13.8. The molecule has 0 amide bonds. The van der Waals surface area contributed by atoms with Gasteiger partial charge in [-0.1, -0.05) is 38.5 Å². The molecule has 0 unspecified atom stereocenters. The molecule has 2 saturated carbocycles. The second-order valence-corrected chi connectivity index (χ2v) is 7.62. The van der Waals surface area contributed by atoms with Gasteiger partial charge < -0.3 is 0 Å². The molecule has 5 heteroatoms. The fourth-order valence-electron chi connectivity index (χ4n) is 3.12. The van der Waals surface area contributed by atoms with E-state index in [0.717, 1.165) is 51.4 Å². The molecule has 0 saturated heterocycles. The third kappa shape index (κ3) is 3.04. The van der Waals surface area contributed by atoms with E-state index in [2.05, 4.69) is 10.8 Å². The van der Waals surface area contributed by atoms with Crippen LogP contribution in [0.25, 0.3) is 0 Å². The molecular formula is C13H22N2O2S. The highest BCUT2D eigenvalue weighted by atomic mass is 32.2. The number of rotatable bonds is 3. The molecule has 0 spiro atoms. The summed E-state index contributed by atoms with van der Waals surface area (Å²) in [7, 11) is -3.32. The summed E-state index contributed by atoms with van der Waals surface area (Å²) in [6.07, 6.45) is 8.90. The van der Waals surface area contributed by atoms with Gasteiger partial charge in [0, 0.05) is 0 Å². The lowest BCUT2D eigenvalue weighted by Crippen LogP contribution is -2.49. The van der Waals surface area contributed by atoms with Crippen LogP contribution in [0.15, 0.2) is 0 Å². The van der Waals surface area contributed by atoms with Crippen LogP contribution in [-0.2, 0) is 10.0 Å². The summed E-state index contributed by atoms with van der Waals surface area (Å²) in [5.41, 5.74) is -0.835. The summed E-state index contributed by atoms with van der Waals surface area (Å²) >= 11 is 0. The summed E-state index contributed by atoms with van der Waals surface area (Å²) < 4.78 is 27.4. The van der Waals surface area contributed by atoms with Gasteiger partial charge in [-0.05, 0) is 25.7 Å². The van der Waals surface area contributed by atoms with E-state index in [1.54, 1.807) is 0 Å². The minimum atomic E-state index is -3.32. The molecule has 0 radical (unpaired) electrons. The molecule has 2 rings (SSSR count). The van der Waals surface area contributed by atoms with Crippen LogP contribution in [0.2, 0.25) is 0 Å². The average Bonchev–Trinajstić information content (AvgIpc) is 2.79. The molecule has 18 heavy (non-hydrogen) atoms. The lowest BCUT2D eigenvalue weighted by atomic mass is 9.94. The molecule has 102 valence electrons. The third-order valence-electron chi connectivity index (χ3n) is 4.25. The molecule has 0 atom stereocenters. The van der Waals surface area contributed by atoms with Crippen LogP contribution in [0.1, 0.15) is 64.2 Å². The highest BCUT2D eigenvalue weighted by Gasteiger charge is 2.39. The monoisotopic (exact) mass is 270 g/mol. The fraction of sp³-hybridized carbons (Fsp3) is 0.923. The Hall–Kier alpha value is -0.600. The maximum Gasteiger partial charge on any atom is 0.215 e. The number of hydrogen-bond donors (Lipinski definition) is 1. The predicted octanol–water partition coefficient (Wildman–Crippen LogP) is 2.46. The van der Waals surface area contributed by atoms with Gasteiger partial charge in [0.05, 0.1) is 11.3 Å². The summed E-state index contributed by atoms with van der Waals surface area (Å²) in [5, 5.41) is 9.12. The van der Waals surface area contributed by atoms with Crippen molar-refractivity contribution in [2.75, 3.05) is 0 Å². The molecule has 0 aliphatic heterocycles. The molecule has 2 aliphatic carbocycles. The Morgan fingerprint density at radius 1 is 1.00 bits per heavy atom. The summed E-state index contributed by atoms with van der Waals surface area (Å²) in [5.74, 6) is 0. The van der Waals surface area contributed by atoms with Gasteiger partial charge in [0.2, 0.25) is 10.0 Å². The zero-order valence-electron chi connectivity index (χ0n) is 10.8. The molecule has 0 heterocycles. The average molecular weight is 270 g/mol. The maximum atomic E-state index is 12.3. The van der Waals surface area contributed by atoms with Crippen molar-refractivity contribution in [3.63, 3.8) is 0 Å². The smallest absolute Gasteiger partial charge is 0.212 e. The first-order valence-electron chi connectivity index (χ1n) is 7.02. The van der Waals surface area contributed by atoms with E-state index in [4.69, 9.17) is 0 Å². The number of sulfonamides is 1. The van der Waals surface area contributed by atoms with Gasteiger partial charge >= 0.3 is 0 Å². The predicted molar refractivity (Wildman–Crippen MR) is 70.4 cm³/mol. The molecule has 2 aliphatic rings. The van der Waals surface area contributed by atoms with Gasteiger partial charge in [0.1, 0.15) is 5.54 Å². The van der Waals surface area contributed by atoms with E-state index in [-0.39, 0.29) is 5.25 Å². The number of nitriles is 1. The van der Waals surface area contributed by atoms with Crippen LogP contribution >= 0.6 is 0 Å². The first-order valence-corrected chi connectivity index (χ1v) is 8.57. The van der Waals surface area contributed by atoms with Crippen LogP contribution in [0.4, 0.5) is 0 Å². The van der Waals surface area contributed by atoms with E-state index in [0.29, 0.717) is 12.8 Å². The van der Waals surface area contributed by atoms with Gasteiger partial charge in [-0.3, -0.25) is 0 Å². The Morgan fingerprint density at radius 2 is 1.56 bits per heavy atom. The Labute approximate surface area is 110 Å². The molecular weight excluding hydrogens is 248 g/mol. The molecule has 0 aromatic rings. The van der Waals surface area contributed by atoms with Gasteiger partial charge in [0.25, 0.3) is 0 Å². The van der Waals surface area contributed by atoms with E-state index in [1.807, 2.05) is 0 Å². The van der Waals surface area contributed by atoms with Crippen molar-refractivity contribution in [3.05, 3.63) is 0 Å². The van der Waals surface area contributed by atoms with Crippen LogP contribution in [0, 0.1) is 11.3 Å². The third-order valence-corrected chi connectivity index (χ3v) is 6.27. The molecule has 4 nitrogen and oxygen atoms in total. The second kappa shape index (κ2) is 5.58. The van der Waals surface area contributed by atoms with Gasteiger partial charge in [0.15, 0.2) is 0 Å².